The summed E-state index contributed by atoms with van der Waals surface area (Å²) >= 11 is 1.54. The molecule has 0 fully saturated rings. The molecule has 2 aromatic rings. The molecule has 0 bridgehead atoms. The number of nitrogens with two attached hydrogens (primary N) is 1. The van der Waals surface area contributed by atoms with Crippen molar-refractivity contribution in [3.05, 3.63) is 41.0 Å². The Morgan fingerprint density at radius 3 is 2.59 bits per heavy atom. The van der Waals surface area contributed by atoms with Crippen LogP contribution in [0.2, 0.25) is 0 Å². The van der Waals surface area contributed by atoms with Crippen LogP contribution >= 0.6 is 11.3 Å². The van der Waals surface area contributed by atoms with Gasteiger partial charge in [-0.15, -0.1) is 11.3 Å². The Balaban J connectivity index is 2.23. The number of nitrogens with zero attached hydrogens (tertiary/aromatic N) is 1. The fourth-order valence-electron chi connectivity index (χ4n) is 2.40. The first kappa shape index (κ1) is 16.6. The molecule has 1 aromatic carbocycles. The molecule has 3 N–H and O–H groups in total. The topological polar surface area (TPSA) is 68.0 Å². The molecule has 4 nitrogen and oxygen atoms in total. The Morgan fingerprint density at radius 2 is 2.00 bits per heavy atom. The summed E-state index contributed by atoms with van der Waals surface area (Å²) in [4.78, 5) is 17.9. The lowest BCUT2D eigenvalue weighted by atomic mass is 10.0. The van der Waals surface area contributed by atoms with E-state index in [9.17, 15) is 4.79 Å². The second kappa shape index (κ2) is 7.51. The van der Waals surface area contributed by atoms with Crippen molar-refractivity contribution in [1.82, 2.24) is 10.3 Å². The van der Waals surface area contributed by atoms with Crippen LogP contribution < -0.4 is 11.1 Å². The van der Waals surface area contributed by atoms with E-state index in [4.69, 9.17) is 5.73 Å². The summed E-state index contributed by atoms with van der Waals surface area (Å²) in [5.41, 5.74) is 7.29. The summed E-state index contributed by atoms with van der Waals surface area (Å²) < 4.78 is 0. The maximum atomic E-state index is 12.6. The van der Waals surface area contributed by atoms with Crippen molar-refractivity contribution in [1.29, 1.82) is 0 Å². The minimum Gasteiger partial charge on any atom is -0.347 e. The van der Waals surface area contributed by atoms with Crippen LogP contribution in [-0.4, -0.2) is 23.5 Å². The minimum absolute atomic E-state index is 0.0156. The zero-order chi connectivity index (χ0) is 16.1. The molecule has 1 aromatic heterocycles. The molecule has 1 atom stereocenters. The average molecular weight is 317 g/mol. The number of carbonyl (C=O) groups excluding carboxylic acids is 1. The van der Waals surface area contributed by atoms with Gasteiger partial charge in [0.05, 0.1) is 9.88 Å². The maximum Gasteiger partial charge on any atom is 0.271 e. The van der Waals surface area contributed by atoms with E-state index in [1.807, 2.05) is 37.3 Å². The van der Waals surface area contributed by atoms with Crippen LogP contribution in [0.25, 0.3) is 10.4 Å². The molecular weight excluding hydrogens is 294 g/mol. The Labute approximate surface area is 135 Å². The summed E-state index contributed by atoms with van der Waals surface area (Å²) in [6, 6.07) is 9.88. The third kappa shape index (κ3) is 4.15. The van der Waals surface area contributed by atoms with Gasteiger partial charge in [0.2, 0.25) is 0 Å². The van der Waals surface area contributed by atoms with Crippen LogP contribution in [0.1, 0.15) is 35.8 Å². The molecule has 0 radical (unpaired) electrons. The molecule has 22 heavy (non-hydrogen) atoms. The number of carbonyl (C=O) groups is 1. The number of aromatic nitrogens is 1. The SMILES string of the molecule is Cc1nc(C(=O)N[C@H](CN)CC(C)C)c(-c2ccccc2)s1. The van der Waals surface area contributed by atoms with E-state index < -0.39 is 0 Å². The van der Waals surface area contributed by atoms with Crippen LogP contribution in [0.4, 0.5) is 0 Å². The van der Waals surface area contributed by atoms with Gasteiger partial charge >= 0.3 is 0 Å². The number of hydrogen-bond acceptors (Lipinski definition) is 4. The molecule has 5 heteroatoms. The quantitative estimate of drug-likeness (QED) is 0.859. The van der Waals surface area contributed by atoms with Crippen molar-refractivity contribution in [2.24, 2.45) is 11.7 Å². The Hall–Kier alpha value is -1.72. The highest BCUT2D eigenvalue weighted by atomic mass is 32.1. The molecule has 2 rings (SSSR count). The first-order valence-electron chi connectivity index (χ1n) is 7.55. The zero-order valence-corrected chi connectivity index (χ0v) is 14.1. The Morgan fingerprint density at radius 1 is 1.32 bits per heavy atom. The second-order valence-corrected chi connectivity index (χ2v) is 7.02. The van der Waals surface area contributed by atoms with Gasteiger partial charge in [-0.3, -0.25) is 4.79 Å². The predicted octanol–water partition coefficient (Wildman–Crippen LogP) is 3.22. The van der Waals surface area contributed by atoms with E-state index in [0.29, 0.717) is 18.2 Å². The molecule has 0 aliphatic rings. The number of benzene rings is 1. The van der Waals surface area contributed by atoms with E-state index >= 15 is 0 Å². The Kier molecular flexibility index (Phi) is 5.69. The molecule has 0 saturated carbocycles. The van der Waals surface area contributed by atoms with Gasteiger partial charge in [0.25, 0.3) is 5.91 Å². The number of thiazole rings is 1. The number of hydrogen-bond donors (Lipinski definition) is 2. The average Bonchev–Trinajstić information content (AvgIpc) is 2.89. The number of nitrogens with one attached hydrogen (secondary N) is 1. The molecule has 1 amide bonds. The van der Waals surface area contributed by atoms with Crippen molar-refractivity contribution in [2.75, 3.05) is 6.54 Å². The third-order valence-electron chi connectivity index (χ3n) is 3.36. The van der Waals surface area contributed by atoms with E-state index in [1.165, 1.54) is 0 Å². The first-order valence-corrected chi connectivity index (χ1v) is 8.36. The summed E-state index contributed by atoms with van der Waals surface area (Å²) in [6.07, 6.45) is 0.867. The van der Waals surface area contributed by atoms with Crippen molar-refractivity contribution in [2.45, 2.75) is 33.2 Å². The molecule has 0 unspecified atom stereocenters. The van der Waals surface area contributed by atoms with Crippen molar-refractivity contribution >= 4 is 17.2 Å². The van der Waals surface area contributed by atoms with Gasteiger partial charge in [-0.25, -0.2) is 4.98 Å². The highest BCUT2D eigenvalue weighted by Crippen LogP contribution is 2.30. The lowest BCUT2D eigenvalue weighted by molar-refractivity contribution is 0.0930. The minimum atomic E-state index is -0.140. The number of rotatable bonds is 6. The van der Waals surface area contributed by atoms with Gasteiger partial charge in [-0.2, -0.15) is 0 Å². The summed E-state index contributed by atoms with van der Waals surface area (Å²) in [5.74, 6) is 0.346. The van der Waals surface area contributed by atoms with Crippen LogP contribution in [0.3, 0.4) is 0 Å². The largest absolute Gasteiger partial charge is 0.347 e. The monoisotopic (exact) mass is 317 g/mol. The van der Waals surface area contributed by atoms with Crippen LogP contribution in [0.15, 0.2) is 30.3 Å². The fraction of sp³-hybridized carbons (Fsp3) is 0.412. The fourth-order valence-corrected chi connectivity index (χ4v) is 3.32. The lowest BCUT2D eigenvalue weighted by Crippen LogP contribution is -2.41. The van der Waals surface area contributed by atoms with E-state index in [2.05, 4.69) is 24.1 Å². The summed E-state index contributed by atoms with van der Waals surface area (Å²) in [5, 5.41) is 3.90. The standard InChI is InChI=1S/C17H23N3OS/c1-11(2)9-14(10-18)20-17(21)15-16(22-12(3)19-15)13-7-5-4-6-8-13/h4-8,11,14H,9-10,18H2,1-3H3,(H,20,21)/t14-/m0/s1. The molecular formula is C17H23N3OS. The highest BCUT2D eigenvalue weighted by molar-refractivity contribution is 7.15. The maximum absolute atomic E-state index is 12.6. The van der Waals surface area contributed by atoms with Crippen molar-refractivity contribution in [3.63, 3.8) is 0 Å². The van der Waals surface area contributed by atoms with Crippen molar-refractivity contribution in [3.8, 4) is 10.4 Å². The van der Waals surface area contributed by atoms with Gasteiger partial charge in [0, 0.05) is 12.6 Å². The smallest absolute Gasteiger partial charge is 0.271 e. The van der Waals surface area contributed by atoms with Gasteiger partial charge in [-0.1, -0.05) is 44.2 Å². The van der Waals surface area contributed by atoms with Gasteiger partial charge in [0.1, 0.15) is 5.69 Å². The van der Waals surface area contributed by atoms with Crippen molar-refractivity contribution < 1.29 is 4.79 Å². The van der Waals surface area contributed by atoms with Gasteiger partial charge in [-0.05, 0) is 24.8 Å². The van der Waals surface area contributed by atoms with E-state index in [-0.39, 0.29) is 11.9 Å². The second-order valence-electron chi connectivity index (χ2n) is 5.81. The third-order valence-corrected chi connectivity index (χ3v) is 4.38. The first-order chi connectivity index (χ1) is 10.5. The van der Waals surface area contributed by atoms with Gasteiger partial charge in [0.15, 0.2) is 0 Å². The summed E-state index contributed by atoms with van der Waals surface area (Å²) in [6.45, 7) is 6.60. The van der Waals surface area contributed by atoms with E-state index in [1.54, 1.807) is 11.3 Å². The number of aryl methyl sites for hydroxylation is 1. The zero-order valence-electron chi connectivity index (χ0n) is 13.3. The van der Waals surface area contributed by atoms with Gasteiger partial charge < -0.3 is 11.1 Å². The molecule has 0 saturated heterocycles. The summed E-state index contributed by atoms with van der Waals surface area (Å²) in [7, 11) is 0. The van der Waals surface area contributed by atoms with Crippen LogP contribution in [-0.2, 0) is 0 Å². The normalized spacial score (nSPS) is 12.4. The highest BCUT2D eigenvalue weighted by Gasteiger charge is 2.21. The van der Waals surface area contributed by atoms with Crippen LogP contribution in [0.5, 0.6) is 0 Å². The number of amides is 1. The predicted molar refractivity (Wildman–Crippen MR) is 92.1 cm³/mol. The Bertz CT molecular complexity index is 622. The molecule has 0 aliphatic heterocycles. The molecule has 0 spiro atoms. The van der Waals surface area contributed by atoms with E-state index in [0.717, 1.165) is 21.9 Å². The lowest BCUT2D eigenvalue weighted by Gasteiger charge is -2.18. The molecule has 0 aliphatic carbocycles. The molecule has 118 valence electrons. The molecule has 1 heterocycles. The van der Waals surface area contributed by atoms with Crippen LogP contribution in [0, 0.1) is 12.8 Å².